The summed E-state index contributed by atoms with van der Waals surface area (Å²) in [6, 6.07) is 7.64. The van der Waals surface area contributed by atoms with Gasteiger partial charge in [-0.1, -0.05) is 18.2 Å². The third-order valence-electron chi connectivity index (χ3n) is 2.03. The van der Waals surface area contributed by atoms with Crippen molar-refractivity contribution in [3.63, 3.8) is 0 Å². The molecular weight excluding hydrogens is 190 g/mol. The highest BCUT2D eigenvalue weighted by molar-refractivity contribution is 6.04. The molecule has 0 bridgehead atoms. The number of carbonyl (C=O) groups excluding carboxylic acids is 1. The molecule has 0 aliphatic heterocycles. The van der Waals surface area contributed by atoms with E-state index < -0.39 is 0 Å². The molecule has 76 valence electrons. The average Bonchev–Trinajstić information content (AvgIpc) is 2.62. The lowest BCUT2D eigenvalue weighted by Gasteiger charge is -1.96. The number of carbonyl (C=O) groups is 1. The molecule has 0 aliphatic carbocycles. The first-order valence-corrected chi connectivity index (χ1v) is 4.68. The lowest BCUT2D eigenvalue weighted by atomic mass is 10.2. The Morgan fingerprint density at radius 3 is 3.07 bits per heavy atom. The number of allylic oxidation sites excluding steroid dienone is 1. The van der Waals surface area contributed by atoms with Crippen molar-refractivity contribution in [3.8, 4) is 0 Å². The fraction of sp³-hybridized carbons (Fsp3) is 0.0909. The summed E-state index contributed by atoms with van der Waals surface area (Å²) in [7, 11) is 0. The molecule has 1 aromatic carbocycles. The number of nitrogens with one attached hydrogen (secondary N) is 2. The van der Waals surface area contributed by atoms with Crippen LogP contribution in [-0.2, 0) is 4.79 Å². The standard InChI is InChI=1S/C11H11N3O/c1-2-5-10(15)12-11-8-6-3-4-7-9(8)13-14-11/h2-7H,1H3,(H2,12,13,14,15)/b5-2+. The van der Waals surface area contributed by atoms with Crippen LogP contribution in [0.5, 0.6) is 0 Å². The number of anilines is 1. The Bertz CT molecular complexity index is 513. The number of nitrogens with zero attached hydrogens (tertiary/aromatic N) is 1. The van der Waals surface area contributed by atoms with Crippen LogP contribution in [0.1, 0.15) is 6.92 Å². The summed E-state index contributed by atoms with van der Waals surface area (Å²) in [4.78, 5) is 11.3. The van der Waals surface area contributed by atoms with Gasteiger partial charge in [0.25, 0.3) is 0 Å². The van der Waals surface area contributed by atoms with Crippen molar-refractivity contribution < 1.29 is 4.79 Å². The van der Waals surface area contributed by atoms with Gasteiger partial charge in [0, 0.05) is 5.39 Å². The molecule has 0 spiro atoms. The van der Waals surface area contributed by atoms with Crippen molar-refractivity contribution in [2.75, 3.05) is 5.32 Å². The van der Waals surface area contributed by atoms with E-state index in [0.717, 1.165) is 10.9 Å². The second-order valence-corrected chi connectivity index (χ2v) is 3.11. The highest BCUT2D eigenvalue weighted by Crippen LogP contribution is 2.19. The summed E-state index contributed by atoms with van der Waals surface area (Å²) in [5.74, 6) is 0.392. The number of hydrogen-bond acceptors (Lipinski definition) is 2. The molecule has 1 aromatic heterocycles. The van der Waals surface area contributed by atoms with Gasteiger partial charge in [0.05, 0.1) is 5.52 Å². The van der Waals surface area contributed by atoms with Crippen molar-refractivity contribution in [1.82, 2.24) is 10.2 Å². The summed E-state index contributed by atoms with van der Waals surface area (Å²) in [6.07, 6.45) is 3.15. The van der Waals surface area contributed by atoms with Crippen LogP contribution in [0, 0.1) is 0 Å². The third-order valence-corrected chi connectivity index (χ3v) is 2.03. The molecule has 0 unspecified atom stereocenters. The van der Waals surface area contributed by atoms with E-state index in [1.807, 2.05) is 24.3 Å². The monoisotopic (exact) mass is 201 g/mol. The van der Waals surface area contributed by atoms with Crippen LogP contribution >= 0.6 is 0 Å². The lowest BCUT2D eigenvalue weighted by molar-refractivity contribution is -0.111. The molecule has 4 heteroatoms. The first-order valence-electron chi connectivity index (χ1n) is 4.68. The molecular formula is C11H11N3O. The van der Waals surface area contributed by atoms with Gasteiger partial charge in [-0.15, -0.1) is 0 Å². The number of hydrogen-bond donors (Lipinski definition) is 2. The second-order valence-electron chi connectivity index (χ2n) is 3.11. The Morgan fingerprint density at radius 2 is 2.27 bits per heavy atom. The molecule has 2 N–H and O–H groups in total. The molecule has 0 fully saturated rings. The van der Waals surface area contributed by atoms with Crippen molar-refractivity contribution in [3.05, 3.63) is 36.4 Å². The zero-order chi connectivity index (χ0) is 10.7. The Balaban J connectivity index is 2.32. The molecule has 0 aliphatic rings. The van der Waals surface area contributed by atoms with Crippen LogP contribution < -0.4 is 5.32 Å². The quantitative estimate of drug-likeness (QED) is 0.731. The molecule has 0 saturated carbocycles. The normalized spacial score (nSPS) is 11.0. The predicted octanol–water partition coefficient (Wildman–Crippen LogP) is 2.08. The molecule has 0 saturated heterocycles. The fourth-order valence-corrected chi connectivity index (χ4v) is 1.37. The van der Waals surface area contributed by atoms with Gasteiger partial charge in [0.1, 0.15) is 0 Å². The highest BCUT2D eigenvalue weighted by atomic mass is 16.1. The van der Waals surface area contributed by atoms with Crippen LogP contribution in [-0.4, -0.2) is 16.1 Å². The van der Waals surface area contributed by atoms with E-state index in [1.165, 1.54) is 6.08 Å². The second kappa shape index (κ2) is 3.96. The molecule has 4 nitrogen and oxygen atoms in total. The first kappa shape index (κ1) is 9.45. The summed E-state index contributed by atoms with van der Waals surface area (Å²) in [5, 5.41) is 10.5. The SMILES string of the molecule is C/C=C/C(=O)Nc1n[nH]c2ccccc12. The Hall–Kier alpha value is -2.10. The number of aromatic nitrogens is 2. The van der Waals surface area contributed by atoms with Gasteiger partial charge >= 0.3 is 0 Å². The highest BCUT2D eigenvalue weighted by Gasteiger charge is 2.05. The van der Waals surface area contributed by atoms with Crippen LogP contribution in [0.2, 0.25) is 0 Å². The fourth-order valence-electron chi connectivity index (χ4n) is 1.37. The van der Waals surface area contributed by atoms with E-state index in [4.69, 9.17) is 0 Å². The number of aromatic amines is 1. The summed E-state index contributed by atoms with van der Waals surface area (Å²) < 4.78 is 0. The number of para-hydroxylation sites is 1. The van der Waals surface area contributed by atoms with E-state index in [2.05, 4.69) is 15.5 Å². The van der Waals surface area contributed by atoms with Gasteiger partial charge in [-0.3, -0.25) is 9.89 Å². The van der Waals surface area contributed by atoms with E-state index in [1.54, 1.807) is 13.0 Å². The van der Waals surface area contributed by atoms with Crippen molar-refractivity contribution in [2.24, 2.45) is 0 Å². The van der Waals surface area contributed by atoms with Crippen LogP contribution in [0.4, 0.5) is 5.82 Å². The first-order chi connectivity index (χ1) is 7.31. The number of H-pyrrole nitrogens is 1. The molecule has 15 heavy (non-hydrogen) atoms. The maximum Gasteiger partial charge on any atom is 0.249 e. The summed E-state index contributed by atoms with van der Waals surface area (Å²) in [5.41, 5.74) is 0.910. The number of benzene rings is 1. The van der Waals surface area contributed by atoms with Crippen molar-refractivity contribution in [2.45, 2.75) is 6.92 Å². The molecule has 2 rings (SSSR count). The van der Waals surface area contributed by atoms with E-state index in [-0.39, 0.29) is 5.91 Å². The third kappa shape index (κ3) is 1.88. The lowest BCUT2D eigenvalue weighted by Crippen LogP contribution is -2.08. The zero-order valence-corrected chi connectivity index (χ0v) is 8.32. The molecule has 1 heterocycles. The number of fused-ring (bicyclic) bond motifs is 1. The van der Waals surface area contributed by atoms with Crippen molar-refractivity contribution >= 4 is 22.6 Å². The number of amides is 1. The summed E-state index contributed by atoms with van der Waals surface area (Å²) >= 11 is 0. The van der Waals surface area contributed by atoms with E-state index in [0.29, 0.717) is 5.82 Å². The maximum atomic E-state index is 11.3. The molecule has 0 atom stereocenters. The Kier molecular flexibility index (Phi) is 2.49. The van der Waals surface area contributed by atoms with Gasteiger partial charge in [-0.25, -0.2) is 0 Å². The van der Waals surface area contributed by atoms with Crippen LogP contribution in [0.15, 0.2) is 36.4 Å². The van der Waals surface area contributed by atoms with Gasteiger partial charge in [0.2, 0.25) is 5.91 Å². The van der Waals surface area contributed by atoms with Crippen molar-refractivity contribution in [1.29, 1.82) is 0 Å². The zero-order valence-electron chi connectivity index (χ0n) is 8.32. The molecule has 1 amide bonds. The largest absolute Gasteiger partial charge is 0.305 e. The minimum absolute atomic E-state index is 0.172. The predicted molar refractivity (Wildman–Crippen MR) is 59.5 cm³/mol. The molecule has 0 radical (unpaired) electrons. The van der Waals surface area contributed by atoms with Gasteiger partial charge in [0.15, 0.2) is 5.82 Å². The number of rotatable bonds is 2. The van der Waals surface area contributed by atoms with E-state index in [9.17, 15) is 4.79 Å². The van der Waals surface area contributed by atoms with Gasteiger partial charge in [-0.05, 0) is 25.1 Å². The van der Waals surface area contributed by atoms with E-state index >= 15 is 0 Å². The topological polar surface area (TPSA) is 57.8 Å². The maximum absolute atomic E-state index is 11.3. The van der Waals surface area contributed by atoms with Crippen LogP contribution in [0.25, 0.3) is 10.9 Å². The van der Waals surface area contributed by atoms with Gasteiger partial charge in [-0.2, -0.15) is 5.10 Å². The Labute approximate surface area is 87.0 Å². The average molecular weight is 201 g/mol. The summed E-state index contributed by atoms with van der Waals surface area (Å²) in [6.45, 7) is 1.79. The molecule has 2 aromatic rings. The Morgan fingerprint density at radius 1 is 1.47 bits per heavy atom. The minimum Gasteiger partial charge on any atom is -0.305 e. The van der Waals surface area contributed by atoms with Gasteiger partial charge < -0.3 is 5.32 Å². The van der Waals surface area contributed by atoms with Crippen LogP contribution in [0.3, 0.4) is 0 Å². The smallest absolute Gasteiger partial charge is 0.249 e. The minimum atomic E-state index is -0.172.